The molecule has 0 aliphatic heterocycles. The van der Waals surface area contributed by atoms with Gasteiger partial charge in [-0.05, 0) is 49.3 Å². The van der Waals surface area contributed by atoms with Crippen molar-refractivity contribution in [2.45, 2.75) is 46.1 Å². The van der Waals surface area contributed by atoms with Gasteiger partial charge in [-0.3, -0.25) is 0 Å². The highest BCUT2D eigenvalue weighted by molar-refractivity contribution is 7.19. The molecule has 0 fully saturated rings. The summed E-state index contributed by atoms with van der Waals surface area (Å²) in [6, 6.07) is 8.01. The van der Waals surface area contributed by atoms with Crippen molar-refractivity contribution in [1.82, 2.24) is 19.6 Å². The number of hydrogen-bond acceptors (Lipinski definition) is 5. The summed E-state index contributed by atoms with van der Waals surface area (Å²) >= 11 is 1.83. The second-order valence-electron chi connectivity index (χ2n) is 7.30. The van der Waals surface area contributed by atoms with E-state index in [2.05, 4.69) is 17.0 Å². The Hall–Kier alpha value is -2.47. The van der Waals surface area contributed by atoms with Crippen LogP contribution in [0.15, 0.2) is 30.6 Å². The molecule has 1 aliphatic rings. The Bertz CT molecular complexity index is 1130. The molecule has 0 radical (unpaired) electrons. The summed E-state index contributed by atoms with van der Waals surface area (Å²) in [6.45, 7) is 4.69. The van der Waals surface area contributed by atoms with Crippen LogP contribution in [-0.2, 0) is 19.4 Å². The van der Waals surface area contributed by atoms with Crippen LogP contribution < -0.4 is 4.74 Å². The third-order valence-electron chi connectivity index (χ3n) is 5.56. The minimum atomic E-state index is 0.359. The van der Waals surface area contributed by atoms with Crippen molar-refractivity contribution in [3.63, 3.8) is 0 Å². The van der Waals surface area contributed by atoms with Crippen molar-refractivity contribution in [2.24, 2.45) is 5.92 Å². The van der Waals surface area contributed by atoms with Crippen LogP contribution in [0.5, 0.6) is 5.75 Å². The van der Waals surface area contributed by atoms with Crippen molar-refractivity contribution in [1.29, 1.82) is 0 Å². The Morgan fingerprint density at radius 2 is 2.19 bits per heavy atom. The first-order chi connectivity index (χ1) is 13.2. The standard InChI is InChI=1S/C21H22N4OS/c1-3-14-8-9-15-17(10-14)27-21-19(15)20-23-18(24-25(20)12-22-21)11-26-16-7-5-4-6-13(16)2/h4-7,12,14H,3,8-11H2,1-2H3. The Morgan fingerprint density at radius 1 is 1.30 bits per heavy atom. The molecular weight excluding hydrogens is 356 g/mol. The topological polar surface area (TPSA) is 52.3 Å². The van der Waals surface area contributed by atoms with Crippen LogP contribution in [0.2, 0.25) is 0 Å². The summed E-state index contributed by atoms with van der Waals surface area (Å²) in [7, 11) is 0. The molecule has 138 valence electrons. The molecule has 0 N–H and O–H groups in total. The maximum Gasteiger partial charge on any atom is 0.189 e. The molecule has 6 heteroatoms. The fraction of sp³-hybridized carbons (Fsp3) is 0.381. The third kappa shape index (κ3) is 2.88. The van der Waals surface area contributed by atoms with E-state index in [9.17, 15) is 0 Å². The van der Waals surface area contributed by atoms with Crippen LogP contribution in [0.25, 0.3) is 15.9 Å². The summed E-state index contributed by atoms with van der Waals surface area (Å²) in [5.41, 5.74) is 3.47. The molecule has 0 saturated heterocycles. The number of hydrogen-bond donors (Lipinski definition) is 0. The van der Waals surface area contributed by atoms with Gasteiger partial charge >= 0.3 is 0 Å². The second-order valence-corrected chi connectivity index (χ2v) is 8.38. The first-order valence-electron chi connectivity index (χ1n) is 9.56. The van der Waals surface area contributed by atoms with E-state index in [0.29, 0.717) is 12.4 Å². The van der Waals surface area contributed by atoms with Gasteiger partial charge < -0.3 is 4.74 Å². The van der Waals surface area contributed by atoms with Crippen LogP contribution in [0.4, 0.5) is 0 Å². The van der Waals surface area contributed by atoms with E-state index < -0.39 is 0 Å². The quantitative estimate of drug-likeness (QED) is 0.515. The lowest BCUT2D eigenvalue weighted by Crippen LogP contribution is -2.11. The van der Waals surface area contributed by atoms with Crippen molar-refractivity contribution < 1.29 is 4.74 Å². The van der Waals surface area contributed by atoms with Gasteiger partial charge in [-0.15, -0.1) is 16.4 Å². The summed E-state index contributed by atoms with van der Waals surface area (Å²) in [5, 5.41) is 5.79. The highest BCUT2D eigenvalue weighted by atomic mass is 32.1. The number of benzene rings is 1. The molecule has 27 heavy (non-hydrogen) atoms. The molecule has 1 aliphatic carbocycles. The van der Waals surface area contributed by atoms with E-state index in [1.54, 1.807) is 10.8 Å². The number of fused-ring (bicyclic) bond motifs is 5. The van der Waals surface area contributed by atoms with Crippen LogP contribution in [-0.4, -0.2) is 19.6 Å². The summed E-state index contributed by atoms with van der Waals surface area (Å²) < 4.78 is 7.73. The zero-order chi connectivity index (χ0) is 18.4. The molecule has 3 aromatic heterocycles. The van der Waals surface area contributed by atoms with Gasteiger partial charge in [0.15, 0.2) is 11.5 Å². The molecule has 0 amide bonds. The number of thiophene rings is 1. The van der Waals surface area contributed by atoms with Crippen molar-refractivity contribution >= 4 is 27.2 Å². The Kier molecular flexibility index (Phi) is 4.08. The first kappa shape index (κ1) is 16.7. The first-order valence-corrected chi connectivity index (χ1v) is 10.4. The number of nitrogens with zero attached hydrogens (tertiary/aromatic N) is 4. The van der Waals surface area contributed by atoms with E-state index >= 15 is 0 Å². The third-order valence-corrected chi connectivity index (χ3v) is 6.72. The maximum absolute atomic E-state index is 5.93. The molecule has 0 saturated carbocycles. The van der Waals surface area contributed by atoms with Crippen molar-refractivity contribution in [2.75, 3.05) is 0 Å². The van der Waals surface area contributed by atoms with Gasteiger partial charge in [-0.25, -0.2) is 14.5 Å². The fourth-order valence-corrected chi connectivity index (χ4v) is 5.25. The summed E-state index contributed by atoms with van der Waals surface area (Å²) in [6.07, 6.45) is 6.59. The minimum Gasteiger partial charge on any atom is -0.485 e. The Labute approximate surface area is 162 Å². The van der Waals surface area contributed by atoms with Crippen LogP contribution in [0, 0.1) is 12.8 Å². The lowest BCUT2D eigenvalue weighted by molar-refractivity contribution is 0.294. The van der Waals surface area contributed by atoms with Gasteiger partial charge in [-0.1, -0.05) is 31.5 Å². The zero-order valence-electron chi connectivity index (χ0n) is 15.6. The van der Waals surface area contributed by atoms with Gasteiger partial charge in [-0.2, -0.15) is 0 Å². The number of aryl methyl sites for hydroxylation is 2. The monoisotopic (exact) mass is 378 g/mol. The lowest BCUT2D eigenvalue weighted by atomic mass is 9.86. The van der Waals surface area contributed by atoms with Gasteiger partial charge in [0.1, 0.15) is 23.5 Å². The minimum absolute atomic E-state index is 0.359. The normalized spacial score (nSPS) is 16.7. The van der Waals surface area contributed by atoms with Crippen LogP contribution >= 0.6 is 11.3 Å². The second kappa shape index (κ2) is 6.60. The van der Waals surface area contributed by atoms with Gasteiger partial charge in [0.05, 0.1) is 5.39 Å². The number of rotatable bonds is 4. The summed E-state index contributed by atoms with van der Waals surface area (Å²) in [5.74, 6) is 2.37. The number of aromatic nitrogens is 4. The van der Waals surface area contributed by atoms with E-state index in [1.165, 1.54) is 35.1 Å². The Balaban J connectivity index is 1.51. The predicted molar refractivity (Wildman–Crippen MR) is 107 cm³/mol. The van der Waals surface area contributed by atoms with Gasteiger partial charge in [0.2, 0.25) is 0 Å². The Morgan fingerprint density at radius 3 is 3.04 bits per heavy atom. The summed E-state index contributed by atoms with van der Waals surface area (Å²) in [4.78, 5) is 12.0. The van der Waals surface area contributed by atoms with E-state index in [-0.39, 0.29) is 0 Å². The van der Waals surface area contributed by atoms with Crippen molar-refractivity contribution in [3.8, 4) is 5.75 Å². The number of ether oxygens (including phenoxy) is 1. The smallest absolute Gasteiger partial charge is 0.189 e. The fourth-order valence-electron chi connectivity index (χ4n) is 3.96. The molecular formula is C21H22N4OS. The maximum atomic E-state index is 5.93. The molecule has 5 rings (SSSR count). The van der Waals surface area contributed by atoms with Crippen molar-refractivity contribution in [3.05, 3.63) is 52.4 Å². The average molecular weight is 379 g/mol. The average Bonchev–Trinajstić information content (AvgIpc) is 3.26. The van der Waals surface area contributed by atoms with E-state index in [4.69, 9.17) is 9.72 Å². The number of para-hydroxylation sites is 1. The molecule has 1 unspecified atom stereocenters. The highest BCUT2D eigenvalue weighted by Gasteiger charge is 2.24. The molecule has 0 bridgehead atoms. The lowest BCUT2D eigenvalue weighted by Gasteiger charge is -2.20. The van der Waals surface area contributed by atoms with Crippen LogP contribution in [0.3, 0.4) is 0 Å². The molecule has 1 atom stereocenters. The molecule has 4 aromatic rings. The van der Waals surface area contributed by atoms with E-state index in [0.717, 1.165) is 34.1 Å². The van der Waals surface area contributed by atoms with Gasteiger partial charge in [0.25, 0.3) is 0 Å². The zero-order valence-corrected chi connectivity index (χ0v) is 16.4. The highest BCUT2D eigenvalue weighted by Crippen LogP contribution is 2.39. The van der Waals surface area contributed by atoms with Crippen LogP contribution in [0.1, 0.15) is 41.6 Å². The SMILES string of the molecule is CCC1CCc2c(sc3ncn4nc(COc5ccccc5C)nc4c23)C1. The molecule has 5 nitrogen and oxygen atoms in total. The predicted octanol–water partition coefficient (Wildman–Crippen LogP) is 4.74. The molecule has 1 aromatic carbocycles. The van der Waals surface area contributed by atoms with Gasteiger partial charge in [0, 0.05) is 4.88 Å². The largest absolute Gasteiger partial charge is 0.485 e. The molecule has 3 heterocycles. The molecule has 0 spiro atoms. The van der Waals surface area contributed by atoms with E-state index in [1.807, 2.05) is 42.5 Å².